The van der Waals surface area contributed by atoms with Crippen LogP contribution in [0.5, 0.6) is 0 Å². The van der Waals surface area contributed by atoms with Gasteiger partial charge in [0.2, 0.25) is 5.91 Å². The first-order valence-electron chi connectivity index (χ1n) is 4.45. The van der Waals surface area contributed by atoms with Gasteiger partial charge < -0.3 is 11.1 Å². The molecule has 76 valence electrons. The van der Waals surface area contributed by atoms with Gasteiger partial charge in [-0.2, -0.15) is 0 Å². The Morgan fingerprint density at radius 2 is 2.07 bits per heavy atom. The van der Waals surface area contributed by atoms with Crippen LogP contribution in [0.2, 0.25) is 0 Å². The van der Waals surface area contributed by atoms with Gasteiger partial charge in [-0.1, -0.05) is 6.92 Å². The first-order chi connectivity index (χ1) is 6.63. The zero-order chi connectivity index (χ0) is 10.6. The molecule has 0 saturated heterocycles. The topological polar surface area (TPSA) is 55.1 Å². The highest BCUT2D eigenvalue weighted by molar-refractivity contribution is 14.1. The number of benzene rings is 1. The number of carbonyl (C=O) groups excluding carboxylic acids is 1. The van der Waals surface area contributed by atoms with E-state index in [-0.39, 0.29) is 5.91 Å². The molecule has 0 aromatic heterocycles. The minimum Gasteiger partial charge on any atom is -0.325 e. The van der Waals surface area contributed by atoms with Crippen molar-refractivity contribution in [3.8, 4) is 0 Å². The lowest BCUT2D eigenvalue weighted by atomic mass is 10.2. The Morgan fingerprint density at radius 3 is 2.57 bits per heavy atom. The van der Waals surface area contributed by atoms with Crippen molar-refractivity contribution in [3.05, 3.63) is 27.8 Å². The second kappa shape index (κ2) is 5.31. The van der Waals surface area contributed by atoms with E-state index in [1.165, 1.54) is 0 Å². The Labute approximate surface area is 97.2 Å². The number of hydrogen-bond donors (Lipinski definition) is 2. The second-order valence-electron chi connectivity index (χ2n) is 3.01. The average Bonchev–Trinajstić information content (AvgIpc) is 2.20. The molecule has 1 rings (SSSR count). The van der Waals surface area contributed by atoms with Gasteiger partial charge in [0.25, 0.3) is 0 Å². The molecule has 0 aliphatic heterocycles. The molecule has 0 spiro atoms. The Morgan fingerprint density at radius 1 is 1.50 bits per heavy atom. The lowest BCUT2D eigenvalue weighted by Crippen LogP contribution is -2.34. The first-order valence-corrected chi connectivity index (χ1v) is 5.53. The van der Waals surface area contributed by atoms with E-state index in [0.717, 1.165) is 9.26 Å². The van der Waals surface area contributed by atoms with Gasteiger partial charge in [0.1, 0.15) is 0 Å². The summed E-state index contributed by atoms with van der Waals surface area (Å²) >= 11 is 2.21. The van der Waals surface area contributed by atoms with Gasteiger partial charge in [-0.3, -0.25) is 4.79 Å². The van der Waals surface area contributed by atoms with Crippen molar-refractivity contribution >= 4 is 34.2 Å². The molecule has 0 radical (unpaired) electrons. The predicted molar refractivity (Wildman–Crippen MR) is 66.1 cm³/mol. The predicted octanol–water partition coefficient (Wildman–Crippen LogP) is 1.97. The highest BCUT2D eigenvalue weighted by Crippen LogP contribution is 2.11. The maximum atomic E-state index is 11.4. The normalized spacial score (nSPS) is 12.2. The molecule has 0 saturated carbocycles. The molecule has 0 aliphatic carbocycles. The van der Waals surface area contributed by atoms with Gasteiger partial charge in [0.15, 0.2) is 0 Å². The van der Waals surface area contributed by atoms with Gasteiger partial charge in [-0.05, 0) is 53.3 Å². The summed E-state index contributed by atoms with van der Waals surface area (Å²) in [7, 11) is 0. The average molecular weight is 304 g/mol. The van der Waals surface area contributed by atoms with E-state index >= 15 is 0 Å². The van der Waals surface area contributed by atoms with Gasteiger partial charge in [-0.15, -0.1) is 0 Å². The maximum absolute atomic E-state index is 11.4. The lowest BCUT2D eigenvalue weighted by Gasteiger charge is -2.09. The molecule has 0 unspecified atom stereocenters. The fourth-order valence-corrected chi connectivity index (χ4v) is 1.31. The standard InChI is InChI=1S/C10H13IN2O/c1-2-9(12)10(14)13-8-5-3-7(11)4-6-8/h3-6,9H,2,12H2,1H3,(H,13,14)/t9-/m0/s1. The Bertz CT molecular complexity index is 310. The van der Waals surface area contributed by atoms with Crippen LogP contribution in [0.15, 0.2) is 24.3 Å². The maximum Gasteiger partial charge on any atom is 0.241 e. The molecule has 0 bridgehead atoms. The summed E-state index contributed by atoms with van der Waals surface area (Å²) in [6, 6.07) is 7.18. The Balaban J connectivity index is 2.60. The van der Waals surface area contributed by atoms with Crippen LogP contribution >= 0.6 is 22.6 Å². The van der Waals surface area contributed by atoms with E-state index in [2.05, 4.69) is 27.9 Å². The number of hydrogen-bond acceptors (Lipinski definition) is 2. The zero-order valence-corrected chi connectivity index (χ0v) is 10.1. The summed E-state index contributed by atoms with van der Waals surface area (Å²) in [5, 5.41) is 2.75. The molecule has 1 atom stereocenters. The van der Waals surface area contributed by atoms with Crippen molar-refractivity contribution < 1.29 is 4.79 Å². The van der Waals surface area contributed by atoms with Crippen molar-refractivity contribution in [1.82, 2.24) is 0 Å². The number of nitrogens with two attached hydrogens (primary N) is 1. The lowest BCUT2D eigenvalue weighted by molar-refractivity contribution is -0.117. The van der Waals surface area contributed by atoms with Crippen LogP contribution in [0.4, 0.5) is 5.69 Å². The number of rotatable bonds is 3. The SMILES string of the molecule is CC[C@H](N)C(=O)Nc1ccc(I)cc1. The largest absolute Gasteiger partial charge is 0.325 e. The zero-order valence-electron chi connectivity index (χ0n) is 7.96. The van der Waals surface area contributed by atoms with E-state index in [9.17, 15) is 4.79 Å². The smallest absolute Gasteiger partial charge is 0.241 e. The third kappa shape index (κ3) is 3.26. The monoisotopic (exact) mass is 304 g/mol. The molecular formula is C10H13IN2O. The third-order valence-electron chi connectivity index (χ3n) is 1.89. The van der Waals surface area contributed by atoms with E-state index in [4.69, 9.17) is 5.73 Å². The van der Waals surface area contributed by atoms with E-state index < -0.39 is 6.04 Å². The van der Waals surface area contributed by atoms with Crippen molar-refractivity contribution in [2.75, 3.05) is 5.32 Å². The minimum atomic E-state index is -0.422. The molecule has 1 aromatic rings. The van der Waals surface area contributed by atoms with Crippen LogP contribution in [-0.4, -0.2) is 11.9 Å². The van der Waals surface area contributed by atoms with Gasteiger partial charge in [0.05, 0.1) is 6.04 Å². The summed E-state index contributed by atoms with van der Waals surface area (Å²) in [6.45, 7) is 1.89. The van der Waals surface area contributed by atoms with Gasteiger partial charge >= 0.3 is 0 Å². The van der Waals surface area contributed by atoms with Crippen molar-refractivity contribution in [3.63, 3.8) is 0 Å². The van der Waals surface area contributed by atoms with Gasteiger partial charge in [-0.25, -0.2) is 0 Å². The molecule has 4 heteroatoms. The van der Waals surface area contributed by atoms with E-state index in [1.54, 1.807) is 0 Å². The van der Waals surface area contributed by atoms with Crippen LogP contribution in [0, 0.1) is 3.57 Å². The minimum absolute atomic E-state index is 0.131. The van der Waals surface area contributed by atoms with E-state index in [0.29, 0.717) is 6.42 Å². The second-order valence-corrected chi connectivity index (χ2v) is 4.26. The van der Waals surface area contributed by atoms with Crippen molar-refractivity contribution in [2.24, 2.45) is 5.73 Å². The molecule has 3 nitrogen and oxygen atoms in total. The molecule has 1 amide bonds. The molecule has 1 aromatic carbocycles. The molecule has 14 heavy (non-hydrogen) atoms. The fraction of sp³-hybridized carbons (Fsp3) is 0.300. The summed E-state index contributed by atoms with van der Waals surface area (Å²) < 4.78 is 1.14. The summed E-state index contributed by atoms with van der Waals surface area (Å²) in [4.78, 5) is 11.4. The number of amides is 1. The molecule has 0 fully saturated rings. The third-order valence-corrected chi connectivity index (χ3v) is 2.61. The highest BCUT2D eigenvalue weighted by atomic mass is 127. The van der Waals surface area contributed by atoms with Crippen LogP contribution in [0.1, 0.15) is 13.3 Å². The van der Waals surface area contributed by atoms with Gasteiger partial charge in [0, 0.05) is 9.26 Å². The van der Waals surface area contributed by atoms with E-state index in [1.807, 2.05) is 31.2 Å². The Hall–Kier alpha value is -0.620. The summed E-state index contributed by atoms with van der Waals surface area (Å²) in [6.07, 6.45) is 0.649. The number of carbonyl (C=O) groups is 1. The molecular weight excluding hydrogens is 291 g/mol. The van der Waals surface area contributed by atoms with Crippen LogP contribution in [-0.2, 0) is 4.79 Å². The summed E-state index contributed by atoms with van der Waals surface area (Å²) in [5.74, 6) is -0.131. The molecule has 0 heterocycles. The van der Waals surface area contributed by atoms with Crippen LogP contribution in [0.3, 0.4) is 0 Å². The molecule has 0 aliphatic rings. The number of anilines is 1. The Kier molecular flexibility index (Phi) is 4.34. The quantitative estimate of drug-likeness (QED) is 0.839. The molecule has 3 N–H and O–H groups in total. The summed E-state index contributed by atoms with van der Waals surface area (Å²) in [5.41, 5.74) is 6.37. The van der Waals surface area contributed by atoms with Crippen molar-refractivity contribution in [2.45, 2.75) is 19.4 Å². The highest BCUT2D eigenvalue weighted by Gasteiger charge is 2.10. The van der Waals surface area contributed by atoms with Crippen molar-refractivity contribution in [1.29, 1.82) is 0 Å². The number of halogens is 1. The first kappa shape index (κ1) is 11.5. The fourth-order valence-electron chi connectivity index (χ4n) is 0.954. The number of nitrogens with one attached hydrogen (secondary N) is 1. The van der Waals surface area contributed by atoms with Crippen LogP contribution < -0.4 is 11.1 Å². The van der Waals surface area contributed by atoms with Crippen LogP contribution in [0.25, 0.3) is 0 Å².